The number of aliphatic hydroxyl groups is 1. The smallest absolute Gasteiger partial charge is 0.116 e. The molecule has 1 aromatic carbocycles. The second-order valence-electron chi connectivity index (χ2n) is 8.28. The minimum atomic E-state index is -1.13. The van der Waals surface area contributed by atoms with Gasteiger partial charge < -0.3 is 31.9 Å². The first-order valence-electron chi connectivity index (χ1n) is 11.8. The van der Waals surface area contributed by atoms with Gasteiger partial charge in [-0.3, -0.25) is 0 Å². The van der Waals surface area contributed by atoms with Crippen LogP contribution in [0.1, 0.15) is 88.9 Å². The number of hydrogen-bond acceptors (Lipinski definition) is 3. The number of nitrogens with zero attached hydrogens (tertiary/aromatic N) is 1. The Hall–Kier alpha value is -0.810. The Bertz CT molecular complexity index is 502. The minimum Gasteiger partial charge on any atom is -1.00 e. The van der Waals surface area contributed by atoms with E-state index in [2.05, 4.69) is 20.8 Å². The van der Waals surface area contributed by atoms with Crippen molar-refractivity contribution in [3.63, 3.8) is 0 Å². The van der Waals surface area contributed by atoms with Gasteiger partial charge in [-0.25, -0.2) is 0 Å². The molecule has 182 valence electrons. The molecule has 0 amide bonds. The number of quaternary nitrogens is 1. The Labute approximate surface area is 202 Å². The first kappa shape index (κ1) is 32.4. The van der Waals surface area contributed by atoms with E-state index in [9.17, 15) is 15.0 Å². The van der Waals surface area contributed by atoms with Crippen LogP contribution in [0.15, 0.2) is 30.3 Å². The third-order valence-electron chi connectivity index (χ3n) is 5.49. The van der Waals surface area contributed by atoms with Gasteiger partial charge in [-0.05, 0) is 44.1 Å². The molecule has 1 atom stereocenters. The maximum Gasteiger partial charge on any atom is 0.116 e. The summed E-state index contributed by atoms with van der Waals surface area (Å²) in [6.07, 6.45) is 11.2. The molecular weight excluding hydrogens is 433 g/mol. The van der Waals surface area contributed by atoms with Crippen LogP contribution in [0, 0.1) is 0 Å². The monoisotopic (exact) mass is 476 g/mol. The third kappa shape index (κ3) is 16.5. The molecule has 0 bridgehead atoms. The van der Waals surface area contributed by atoms with Gasteiger partial charge >= 0.3 is 0 Å². The highest BCUT2D eigenvalue weighted by Gasteiger charge is 2.28. The van der Waals surface area contributed by atoms with Crippen LogP contribution < -0.4 is 17.5 Å². The van der Waals surface area contributed by atoms with Crippen molar-refractivity contribution in [2.45, 2.75) is 84.7 Å². The fourth-order valence-electron chi connectivity index (χ4n) is 3.77. The summed E-state index contributed by atoms with van der Waals surface area (Å²) in [6, 6.07) is 8.06. The zero-order valence-corrected chi connectivity index (χ0v) is 21.3. The van der Waals surface area contributed by atoms with E-state index in [0.717, 1.165) is 11.0 Å². The second kappa shape index (κ2) is 21.1. The summed E-state index contributed by atoms with van der Waals surface area (Å²) in [6.45, 7) is 11.3. The highest BCUT2D eigenvalue weighted by atomic mass is 35.5. The number of alkyl halides is 1. The molecule has 0 saturated heterocycles. The van der Waals surface area contributed by atoms with Gasteiger partial charge in [-0.15, -0.1) is 11.6 Å². The Morgan fingerprint density at radius 3 is 1.61 bits per heavy atom. The van der Waals surface area contributed by atoms with Crippen LogP contribution in [0.25, 0.3) is 0 Å². The maximum absolute atomic E-state index is 10.1. The lowest BCUT2D eigenvalue weighted by atomic mass is 10.1. The van der Waals surface area contributed by atoms with Gasteiger partial charge in [0, 0.05) is 0 Å². The molecule has 1 aromatic rings. The standard InChI is InChI=1S/C18H39ClNO.C7H6O2.ClH/c1-4-7-10-13-20(14-11-8-5-2,15-12-9-6-3)17-18(21)16-19;8-7(9)6-4-2-1-3-5-6;/h18,21H,4-17H2,1-3H3;1-5H,(H,8,9);1H/q+1;;/p-2. The lowest BCUT2D eigenvalue weighted by Gasteiger charge is -2.40. The Morgan fingerprint density at radius 2 is 1.32 bits per heavy atom. The van der Waals surface area contributed by atoms with Crippen molar-refractivity contribution >= 4 is 17.6 Å². The number of carbonyl (C=O) groups is 1. The predicted molar refractivity (Wildman–Crippen MR) is 126 cm³/mol. The number of rotatable bonds is 16. The number of hydrogen-bond donors (Lipinski definition) is 1. The number of aromatic carboxylic acids is 1. The van der Waals surface area contributed by atoms with Crippen LogP contribution in [0.5, 0.6) is 0 Å². The van der Waals surface area contributed by atoms with Gasteiger partial charge in [0.2, 0.25) is 0 Å². The molecule has 0 aromatic heterocycles. The van der Waals surface area contributed by atoms with Crippen molar-refractivity contribution in [1.29, 1.82) is 0 Å². The van der Waals surface area contributed by atoms with Crippen molar-refractivity contribution in [1.82, 2.24) is 0 Å². The Morgan fingerprint density at radius 1 is 0.903 bits per heavy atom. The van der Waals surface area contributed by atoms with Crippen molar-refractivity contribution in [2.75, 3.05) is 32.1 Å². The average molecular weight is 478 g/mol. The summed E-state index contributed by atoms with van der Waals surface area (Å²) in [4.78, 5) is 10.1. The van der Waals surface area contributed by atoms with E-state index >= 15 is 0 Å². The Kier molecular flexibility index (Phi) is 22.0. The molecule has 0 aliphatic carbocycles. The number of unbranched alkanes of at least 4 members (excludes halogenated alkanes) is 6. The molecule has 4 nitrogen and oxygen atoms in total. The zero-order valence-electron chi connectivity index (χ0n) is 19.8. The fraction of sp³-hybridized carbons (Fsp3) is 0.720. The highest BCUT2D eigenvalue weighted by molar-refractivity contribution is 6.18. The lowest BCUT2D eigenvalue weighted by molar-refractivity contribution is -0.931. The average Bonchev–Trinajstić information content (AvgIpc) is 2.75. The van der Waals surface area contributed by atoms with Crippen LogP contribution in [-0.2, 0) is 0 Å². The molecule has 1 N–H and O–H groups in total. The quantitative estimate of drug-likeness (QED) is 0.225. The Balaban J connectivity index is 0. The van der Waals surface area contributed by atoms with Crippen molar-refractivity contribution in [3.05, 3.63) is 35.9 Å². The summed E-state index contributed by atoms with van der Waals surface area (Å²) < 4.78 is 1.09. The molecule has 0 heterocycles. The second-order valence-corrected chi connectivity index (χ2v) is 8.59. The van der Waals surface area contributed by atoms with Crippen molar-refractivity contribution in [3.8, 4) is 0 Å². The number of carbonyl (C=O) groups excluding carboxylic acids is 1. The zero-order chi connectivity index (χ0) is 22.7. The van der Waals surface area contributed by atoms with Crippen LogP contribution >= 0.6 is 11.6 Å². The summed E-state index contributed by atoms with van der Waals surface area (Å²) >= 11 is 5.88. The third-order valence-corrected chi connectivity index (χ3v) is 5.85. The fourth-order valence-corrected chi connectivity index (χ4v) is 3.87. The van der Waals surface area contributed by atoms with Crippen LogP contribution in [0.4, 0.5) is 0 Å². The SMILES string of the molecule is CCCCC[N+](CCCCC)(CCCCC)CC(O)CCl.O=C([O-])c1ccccc1.[Cl-]. The molecule has 0 fully saturated rings. The van der Waals surface area contributed by atoms with Crippen molar-refractivity contribution in [2.24, 2.45) is 0 Å². The van der Waals surface area contributed by atoms with Gasteiger partial charge in [0.15, 0.2) is 0 Å². The van der Waals surface area contributed by atoms with E-state index in [1.807, 2.05) is 0 Å². The van der Waals surface area contributed by atoms with Gasteiger partial charge in [-0.2, -0.15) is 0 Å². The number of halogens is 2. The normalized spacial score (nSPS) is 11.8. The van der Waals surface area contributed by atoms with Crippen LogP contribution in [0.2, 0.25) is 0 Å². The lowest BCUT2D eigenvalue weighted by Crippen LogP contribution is -3.00. The van der Waals surface area contributed by atoms with E-state index in [0.29, 0.717) is 5.88 Å². The van der Waals surface area contributed by atoms with Gasteiger partial charge in [0.25, 0.3) is 0 Å². The molecule has 0 aliphatic heterocycles. The molecule has 0 saturated carbocycles. The number of benzene rings is 1. The van der Waals surface area contributed by atoms with E-state index in [-0.39, 0.29) is 24.1 Å². The van der Waals surface area contributed by atoms with Gasteiger partial charge in [0.05, 0.1) is 31.5 Å². The summed E-state index contributed by atoms with van der Waals surface area (Å²) in [7, 11) is 0. The van der Waals surface area contributed by atoms with E-state index in [1.165, 1.54) is 89.6 Å². The summed E-state index contributed by atoms with van der Waals surface area (Å²) in [5.74, 6) is -0.759. The minimum absolute atomic E-state index is 0. The predicted octanol–water partition coefficient (Wildman–Crippen LogP) is 2.03. The largest absolute Gasteiger partial charge is 1.00 e. The molecule has 1 unspecified atom stereocenters. The van der Waals surface area contributed by atoms with Gasteiger partial charge in [0.1, 0.15) is 12.6 Å². The topological polar surface area (TPSA) is 60.4 Å². The molecule has 31 heavy (non-hydrogen) atoms. The first-order valence-corrected chi connectivity index (χ1v) is 12.3. The van der Waals surface area contributed by atoms with E-state index in [4.69, 9.17) is 11.6 Å². The number of aliphatic hydroxyl groups excluding tert-OH is 1. The molecule has 0 radical (unpaired) electrons. The van der Waals surface area contributed by atoms with Crippen molar-refractivity contribution < 1.29 is 31.9 Å². The van der Waals surface area contributed by atoms with E-state index in [1.54, 1.807) is 18.2 Å². The molecule has 0 spiro atoms. The molecular formula is C25H44Cl2NO3-. The van der Waals surface area contributed by atoms with E-state index < -0.39 is 5.97 Å². The summed E-state index contributed by atoms with van der Waals surface area (Å²) in [5.41, 5.74) is 0.220. The molecule has 6 heteroatoms. The number of carboxylic acids is 1. The highest BCUT2D eigenvalue weighted by Crippen LogP contribution is 2.18. The van der Waals surface area contributed by atoms with Gasteiger partial charge in [-0.1, -0.05) is 70.4 Å². The first-order chi connectivity index (χ1) is 14.4. The van der Waals surface area contributed by atoms with Crippen LogP contribution in [-0.4, -0.2) is 53.7 Å². The molecule has 1 rings (SSSR count). The molecule has 0 aliphatic rings. The summed E-state index contributed by atoms with van der Waals surface area (Å²) in [5, 5.41) is 20.2. The van der Waals surface area contributed by atoms with Crippen LogP contribution in [0.3, 0.4) is 0 Å². The maximum atomic E-state index is 10.1. The number of carboxylic acid groups (broad SMARTS) is 1.